The highest BCUT2D eigenvalue weighted by molar-refractivity contribution is 5.79. The minimum atomic E-state index is -0.843. The molecule has 27 heavy (non-hydrogen) atoms. The van der Waals surface area contributed by atoms with Crippen LogP contribution >= 0.6 is 0 Å². The smallest absolute Gasteiger partial charge is 0.307 e. The SMILES string of the molecule is CCCCCC(C(=O)O)C1(C(CCCCC)C(=O)O)CCc2ccccc21. The highest BCUT2D eigenvalue weighted by atomic mass is 16.4. The molecule has 4 heteroatoms. The zero-order chi connectivity index (χ0) is 19.9. The molecule has 0 saturated heterocycles. The molecule has 0 aromatic heterocycles. The maximum atomic E-state index is 12.4. The first-order chi connectivity index (χ1) is 13.0. The molecule has 2 unspecified atom stereocenters. The summed E-state index contributed by atoms with van der Waals surface area (Å²) in [7, 11) is 0. The fourth-order valence-corrected chi connectivity index (χ4v) is 5.03. The molecular weight excluding hydrogens is 340 g/mol. The summed E-state index contributed by atoms with van der Waals surface area (Å²) in [4.78, 5) is 24.7. The van der Waals surface area contributed by atoms with Crippen molar-refractivity contribution in [3.63, 3.8) is 0 Å². The van der Waals surface area contributed by atoms with Crippen LogP contribution < -0.4 is 0 Å². The quantitative estimate of drug-likeness (QED) is 0.478. The van der Waals surface area contributed by atoms with Crippen molar-refractivity contribution in [1.29, 1.82) is 0 Å². The standard InChI is InChI=1S/C23H34O4/c1-3-5-7-13-19(21(24)25)23(20(22(26)27)14-8-6-4-2)16-15-17-11-9-10-12-18(17)23/h9-12,19-20H,3-8,13-16H2,1-2H3,(H,24,25)(H,26,27). The third kappa shape index (κ3) is 4.53. The average molecular weight is 375 g/mol. The van der Waals surface area contributed by atoms with Crippen molar-refractivity contribution < 1.29 is 19.8 Å². The molecule has 0 bridgehead atoms. The van der Waals surface area contributed by atoms with Gasteiger partial charge in [-0.05, 0) is 36.8 Å². The van der Waals surface area contributed by atoms with E-state index in [-0.39, 0.29) is 0 Å². The van der Waals surface area contributed by atoms with Gasteiger partial charge in [-0.25, -0.2) is 0 Å². The van der Waals surface area contributed by atoms with Gasteiger partial charge < -0.3 is 10.2 Å². The Kier molecular flexibility index (Phi) is 7.88. The summed E-state index contributed by atoms with van der Waals surface area (Å²) in [5, 5.41) is 20.3. The minimum absolute atomic E-state index is 0.551. The van der Waals surface area contributed by atoms with Crippen molar-refractivity contribution in [2.75, 3.05) is 0 Å². The lowest BCUT2D eigenvalue weighted by atomic mass is 9.60. The summed E-state index contributed by atoms with van der Waals surface area (Å²) in [5.74, 6) is -2.97. The highest BCUT2D eigenvalue weighted by Gasteiger charge is 2.54. The second kappa shape index (κ2) is 9.91. The van der Waals surface area contributed by atoms with Crippen LogP contribution in [0.2, 0.25) is 0 Å². The van der Waals surface area contributed by atoms with Crippen LogP contribution in [-0.2, 0) is 21.4 Å². The summed E-state index contributed by atoms with van der Waals surface area (Å²) in [6.07, 6.45) is 8.17. The molecule has 0 saturated carbocycles. The molecule has 0 aliphatic heterocycles. The van der Waals surface area contributed by atoms with Gasteiger partial charge in [0.15, 0.2) is 0 Å². The Morgan fingerprint density at radius 1 is 0.926 bits per heavy atom. The van der Waals surface area contributed by atoms with Crippen LogP contribution in [0.3, 0.4) is 0 Å². The Bertz CT molecular complexity index is 609. The number of hydrogen-bond donors (Lipinski definition) is 2. The van der Waals surface area contributed by atoms with Crippen molar-refractivity contribution >= 4 is 11.9 Å². The van der Waals surface area contributed by atoms with Crippen molar-refractivity contribution in [3.8, 4) is 0 Å². The van der Waals surface area contributed by atoms with E-state index >= 15 is 0 Å². The summed E-state index contributed by atoms with van der Waals surface area (Å²) in [6, 6.07) is 7.91. The van der Waals surface area contributed by atoms with E-state index in [1.807, 2.05) is 24.3 Å². The van der Waals surface area contributed by atoms with E-state index in [0.29, 0.717) is 19.3 Å². The van der Waals surface area contributed by atoms with E-state index in [1.165, 1.54) is 0 Å². The van der Waals surface area contributed by atoms with Gasteiger partial charge in [0, 0.05) is 5.41 Å². The van der Waals surface area contributed by atoms with Crippen LogP contribution in [0.5, 0.6) is 0 Å². The van der Waals surface area contributed by atoms with Crippen LogP contribution in [0, 0.1) is 11.8 Å². The fourth-order valence-electron chi connectivity index (χ4n) is 5.03. The van der Waals surface area contributed by atoms with Crippen LogP contribution in [0.15, 0.2) is 24.3 Å². The predicted molar refractivity (Wildman–Crippen MR) is 107 cm³/mol. The molecule has 1 aromatic carbocycles. The zero-order valence-electron chi connectivity index (χ0n) is 16.7. The highest BCUT2D eigenvalue weighted by Crippen LogP contribution is 2.52. The number of hydrogen-bond acceptors (Lipinski definition) is 2. The number of carboxylic acid groups (broad SMARTS) is 2. The van der Waals surface area contributed by atoms with Gasteiger partial charge >= 0.3 is 11.9 Å². The second-order valence-electron chi connectivity index (χ2n) is 7.97. The molecule has 0 radical (unpaired) electrons. The lowest BCUT2D eigenvalue weighted by molar-refractivity contribution is -0.152. The summed E-state index contributed by atoms with van der Waals surface area (Å²) < 4.78 is 0. The number of aliphatic carboxylic acids is 2. The monoisotopic (exact) mass is 374 g/mol. The third-order valence-corrected chi connectivity index (χ3v) is 6.36. The Balaban J connectivity index is 2.50. The number of fused-ring (bicyclic) bond motifs is 1. The van der Waals surface area contributed by atoms with Gasteiger partial charge in [0.2, 0.25) is 0 Å². The number of aryl methyl sites for hydroxylation is 1. The van der Waals surface area contributed by atoms with E-state index in [9.17, 15) is 19.8 Å². The molecule has 4 nitrogen and oxygen atoms in total. The van der Waals surface area contributed by atoms with Crippen molar-refractivity contribution in [1.82, 2.24) is 0 Å². The van der Waals surface area contributed by atoms with Crippen LogP contribution in [0.1, 0.15) is 82.8 Å². The largest absolute Gasteiger partial charge is 0.481 e. The van der Waals surface area contributed by atoms with Gasteiger partial charge in [0.05, 0.1) is 11.8 Å². The molecule has 0 spiro atoms. The van der Waals surface area contributed by atoms with E-state index in [0.717, 1.165) is 56.1 Å². The summed E-state index contributed by atoms with van der Waals surface area (Å²) in [5.41, 5.74) is 1.30. The summed E-state index contributed by atoms with van der Waals surface area (Å²) in [6.45, 7) is 4.20. The van der Waals surface area contributed by atoms with Crippen molar-refractivity contribution in [2.45, 2.75) is 83.5 Å². The molecule has 1 aliphatic carbocycles. The molecule has 1 aromatic rings. The fraction of sp³-hybridized carbons (Fsp3) is 0.652. The summed E-state index contributed by atoms with van der Waals surface area (Å²) >= 11 is 0. The minimum Gasteiger partial charge on any atom is -0.481 e. The van der Waals surface area contributed by atoms with Crippen LogP contribution in [0.25, 0.3) is 0 Å². The molecule has 2 N–H and O–H groups in total. The predicted octanol–water partition coefficient (Wildman–Crippen LogP) is 5.43. The third-order valence-electron chi connectivity index (χ3n) is 6.36. The topological polar surface area (TPSA) is 74.6 Å². The maximum absolute atomic E-state index is 12.4. The van der Waals surface area contributed by atoms with Crippen LogP contribution in [-0.4, -0.2) is 22.2 Å². The molecule has 2 atom stereocenters. The molecular formula is C23H34O4. The Morgan fingerprint density at radius 3 is 1.93 bits per heavy atom. The molecule has 0 heterocycles. The number of unbranched alkanes of at least 4 members (excludes halogenated alkanes) is 4. The Labute approximate surface area is 163 Å². The first-order valence-electron chi connectivity index (χ1n) is 10.5. The number of rotatable bonds is 12. The normalized spacial score (nSPS) is 20.8. The van der Waals surface area contributed by atoms with Crippen molar-refractivity contribution in [2.24, 2.45) is 11.8 Å². The maximum Gasteiger partial charge on any atom is 0.307 e. The Morgan fingerprint density at radius 2 is 1.44 bits per heavy atom. The first kappa shape index (κ1) is 21.5. The van der Waals surface area contributed by atoms with Gasteiger partial charge in [0.1, 0.15) is 0 Å². The van der Waals surface area contributed by atoms with Gasteiger partial charge in [-0.15, -0.1) is 0 Å². The average Bonchev–Trinajstić information content (AvgIpc) is 3.02. The van der Waals surface area contributed by atoms with Gasteiger partial charge in [0.25, 0.3) is 0 Å². The molecule has 0 fully saturated rings. The Hall–Kier alpha value is -1.84. The van der Waals surface area contributed by atoms with E-state index in [4.69, 9.17) is 0 Å². The number of carboxylic acids is 2. The van der Waals surface area contributed by atoms with Gasteiger partial charge in [-0.2, -0.15) is 0 Å². The van der Waals surface area contributed by atoms with Crippen LogP contribution in [0.4, 0.5) is 0 Å². The van der Waals surface area contributed by atoms with Crippen molar-refractivity contribution in [3.05, 3.63) is 35.4 Å². The first-order valence-corrected chi connectivity index (χ1v) is 10.5. The van der Waals surface area contributed by atoms with Gasteiger partial charge in [-0.3, -0.25) is 9.59 Å². The molecule has 0 amide bonds. The molecule has 2 rings (SSSR count). The second-order valence-corrected chi connectivity index (χ2v) is 7.97. The number of benzene rings is 1. The number of carbonyl (C=O) groups is 2. The molecule has 150 valence electrons. The lowest BCUT2D eigenvalue weighted by Crippen LogP contribution is -2.47. The lowest BCUT2D eigenvalue weighted by Gasteiger charge is -2.41. The van der Waals surface area contributed by atoms with E-state index < -0.39 is 29.2 Å². The zero-order valence-corrected chi connectivity index (χ0v) is 16.7. The molecule has 1 aliphatic rings. The van der Waals surface area contributed by atoms with Gasteiger partial charge in [-0.1, -0.05) is 76.6 Å². The van der Waals surface area contributed by atoms with E-state index in [2.05, 4.69) is 13.8 Å². The van der Waals surface area contributed by atoms with E-state index in [1.54, 1.807) is 0 Å².